The van der Waals surface area contributed by atoms with Crippen LogP contribution in [0.4, 0.5) is 0 Å². The molecule has 0 aliphatic carbocycles. The molecule has 0 amide bonds. The van der Waals surface area contributed by atoms with Crippen molar-refractivity contribution in [3.63, 3.8) is 0 Å². The first-order valence-electron chi connectivity index (χ1n) is 1.91. The molecule has 0 saturated carbocycles. The molecular weight excluding hydrogens is 108 g/mol. The van der Waals surface area contributed by atoms with Crippen molar-refractivity contribution in [2.45, 2.75) is 0 Å². The predicted molar refractivity (Wildman–Crippen MR) is 24.2 cm³/mol. The molecule has 1 rings (SSSR count). The van der Waals surface area contributed by atoms with Gasteiger partial charge in [-0.15, -0.1) is 0 Å². The summed E-state index contributed by atoms with van der Waals surface area (Å²) in [4.78, 5) is 6.54. The number of aromatic hydroxyl groups is 2. The molecule has 0 fully saturated rings. The maximum absolute atomic E-state index is 8.49. The summed E-state index contributed by atoms with van der Waals surface area (Å²) in [6.45, 7) is 0. The van der Waals surface area contributed by atoms with Crippen molar-refractivity contribution in [3.05, 3.63) is 12.5 Å². The van der Waals surface area contributed by atoms with E-state index in [0.29, 0.717) is 0 Å². The summed E-state index contributed by atoms with van der Waals surface area (Å²) in [6, 6.07) is 0. The monoisotopic (exact) mass is 111 g/mol. The fraction of sp³-hybridized carbons (Fsp3) is 0. The molecular formula is C4H3N2O2. The molecule has 41 valence electrons. The van der Waals surface area contributed by atoms with E-state index < -0.39 is 11.6 Å². The normalized spacial score (nSPS) is 9.00. The quantitative estimate of drug-likeness (QED) is 0.481. The second-order valence-corrected chi connectivity index (χ2v) is 1.16. The van der Waals surface area contributed by atoms with E-state index in [1.54, 1.807) is 0 Å². The van der Waals surface area contributed by atoms with Crippen LogP contribution in [0.2, 0.25) is 0 Å². The molecule has 1 radical (unpaired) electrons. The Balaban J connectivity index is 3.13. The van der Waals surface area contributed by atoms with Crippen LogP contribution >= 0.6 is 0 Å². The highest BCUT2D eigenvalue weighted by atomic mass is 16.3. The smallest absolute Gasteiger partial charge is 0.258 e. The Morgan fingerprint density at radius 2 is 2.25 bits per heavy atom. The standard InChI is InChI=1S/C4H3N2O2/c7-3-1-5-2-6-4(3)8/h2,7H,(H,5,6,8). The van der Waals surface area contributed by atoms with Gasteiger partial charge >= 0.3 is 0 Å². The molecule has 4 heteroatoms. The Morgan fingerprint density at radius 3 is 2.62 bits per heavy atom. The van der Waals surface area contributed by atoms with Gasteiger partial charge in [0.2, 0.25) is 5.75 Å². The molecule has 0 atom stereocenters. The zero-order valence-corrected chi connectivity index (χ0v) is 3.87. The summed E-state index contributed by atoms with van der Waals surface area (Å²) >= 11 is 0. The zero-order chi connectivity index (χ0) is 5.98. The number of aromatic nitrogens is 2. The van der Waals surface area contributed by atoms with Crippen LogP contribution in [0.5, 0.6) is 11.6 Å². The van der Waals surface area contributed by atoms with Gasteiger partial charge in [0.25, 0.3) is 5.88 Å². The Labute approximate surface area is 45.5 Å². The third-order valence-electron chi connectivity index (χ3n) is 0.620. The third-order valence-corrected chi connectivity index (χ3v) is 0.620. The lowest BCUT2D eigenvalue weighted by atomic mass is 10.6. The molecule has 0 bridgehead atoms. The van der Waals surface area contributed by atoms with Gasteiger partial charge in [-0.3, -0.25) is 0 Å². The molecule has 1 aromatic rings. The van der Waals surface area contributed by atoms with Crippen molar-refractivity contribution < 1.29 is 10.2 Å². The van der Waals surface area contributed by atoms with Gasteiger partial charge in [0, 0.05) is 0 Å². The molecule has 2 N–H and O–H groups in total. The second kappa shape index (κ2) is 1.65. The minimum absolute atomic E-state index is 0.424. The minimum atomic E-state index is -0.444. The van der Waals surface area contributed by atoms with Crippen LogP contribution in [0, 0.1) is 6.20 Å². The van der Waals surface area contributed by atoms with Crippen LogP contribution in [0.1, 0.15) is 0 Å². The maximum Gasteiger partial charge on any atom is 0.258 e. The van der Waals surface area contributed by atoms with E-state index in [0.717, 1.165) is 6.33 Å². The van der Waals surface area contributed by atoms with Crippen LogP contribution in [-0.2, 0) is 0 Å². The minimum Gasteiger partial charge on any atom is -0.502 e. The van der Waals surface area contributed by atoms with Crippen molar-refractivity contribution in [1.29, 1.82) is 0 Å². The summed E-state index contributed by atoms with van der Waals surface area (Å²) in [5, 5.41) is 17.0. The topological polar surface area (TPSA) is 66.2 Å². The fourth-order valence-electron chi connectivity index (χ4n) is 0.285. The molecule has 8 heavy (non-hydrogen) atoms. The Kier molecular flexibility index (Phi) is 0.997. The van der Waals surface area contributed by atoms with E-state index in [-0.39, 0.29) is 0 Å². The predicted octanol–water partition coefficient (Wildman–Crippen LogP) is -0.312. The highest BCUT2D eigenvalue weighted by molar-refractivity contribution is 5.24. The van der Waals surface area contributed by atoms with E-state index in [2.05, 4.69) is 16.2 Å². The molecule has 1 aromatic heterocycles. The summed E-state index contributed by atoms with van der Waals surface area (Å²) in [5.41, 5.74) is 0. The van der Waals surface area contributed by atoms with Gasteiger partial charge in [0.05, 0.1) is 0 Å². The van der Waals surface area contributed by atoms with Crippen LogP contribution in [-0.4, -0.2) is 20.2 Å². The van der Waals surface area contributed by atoms with E-state index in [4.69, 9.17) is 10.2 Å². The molecule has 0 unspecified atom stereocenters. The lowest BCUT2D eigenvalue weighted by Crippen LogP contribution is -1.76. The van der Waals surface area contributed by atoms with Crippen molar-refractivity contribution in [2.24, 2.45) is 0 Å². The molecule has 4 nitrogen and oxygen atoms in total. The van der Waals surface area contributed by atoms with Gasteiger partial charge in [-0.2, -0.15) is 4.98 Å². The second-order valence-electron chi connectivity index (χ2n) is 1.16. The highest BCUT2D eigenvalue weighted by Crippen LogP contribution is 2.15. The van der Waals surface area contributed by atoms with Crippen LogP contribution in [0.25, 0.3) is 0 Å². The summed E-state index contributed by atoms with van der Waals surface area (Å²) in [7, 11) is 0. The first-order valence-corrected chi connectivity index (χ1v) is 1.91. The number of rotatable bonds is 0. The summed E-state index contributed by atoms with van der Waals surface area (Å²) < 4.78 is 0. The number of hydrogen-bond donors (Lipinski definition) is 2. The SMILES string of the molecule is Oc1[c]ncnc1O. The Bertz CT molecular complexity index is 168. The van der Waals surface area contributed by atoms with Crippen molar-refractivity contribution in [3.8, 4) is 11.6 Å². The van der Waals surface area contributed by atoms with E-state index in [1.807, 2.05) is 0 Å². The fourth-order valence-corrected chi connectivity index (χ4v) is 0.285. The summed E-state index contributed by atoms with van der Waals surface area (Å²) in [6.07, 6.45) is 3.18. The summed E-state index contributed by atoms with van der Waals surface area (Å²) in [5.74, 6) is -0.868. The van der Waals surface area contributed by atoms with E-state index in [9.17, 15) is 0 Å². The third kappa shape index (κ3) is 0.676. The molecule has 0 spiro atoms. The van der Waals surface area contributed by atoms with E-state index >= 15 is 0 Å². The average molecular weight is 111 g/mol. The lowest BCUT2D eigenvalue weighted by molar-refractivity contribution is 0.385. The van der Waals surface area contributed by atoms with Crippen LogP contribution < -0.4 is 0 Å². The van der Waals surface area contributed by atoms with Crippen LogP contribution in [0.3, 0.4) is 0 Å². The van der Waals surface area contributed by atoms with Crippen molar-refractivity contribution >= 4 is 0 Å². The largest absolute Gasteiger partial charge is 0.502 e. The molecule has 0 aliphatic heterocycles. The first-order chi connectivity index (χ1) is 3.80. The van der Waals surface area contributed by atoms with Crippen molar-refractivity contribution in [2.75, 3.05) is 0 Å². The zero-order valence-electron chi connectivity index (χ0n) is 3.87. The van der Waals surface area contributed by atoms with Crippen LogP contribution in [0.15, 0.2) is 6.33 Å². The van der Waals surface area contributed by atoms with Gasteiger partial charge in [0.15, 0.2) is 0 Å². The maximum atomic E-state index is 8.49. The van der Waals surface area contributed by atoms with E-state index in [1.165, 1.54) is 0 Å². The number of hydrogen-bond acceptors (Lipinski definition) is 4. The molecule has 1 heterocycles. The van der Waals surface area contributed by atoms with Gasteiger partial charge in [-0.05, 0) is 0 Å². The van der Waals surface area contributed by atoms with Gasteiger partial charge < -0.3 is 10.2 Å². The number of nitrogens with zero attached hydrogens (tertiary/aromatic N) is 2. The first kappa shape index (κ1) is 4.83. The average Bonchev–Trinajstić information content (AvgIpc) is 1.77. The lowest BCUT2D eigenvalue weighted by Gasteiger charge is -1.88. The molecule has 0 saturated heterocycles. The Morgan fingerprint density at radius 1 is 1.50 bits per heavy atom. The highest BCUT2D eigenvalue weighted by Gasteiger charge is 1.94. The van der Waals surface area contributed by atoms with Gasteiger partial charge in [-0.1, -0.05) is 0 Å². The van der Waals surface area contributed by atoms with Gasteiger partial charge in [0.1, 0.15) is 12.5 Å². The molecule has 0 aliphatic rings. The van der Waals surface area contributed by atoms with Gasteiger partial charge in [-0.25, -0.2) is 4.98 Å². The molecule has 0 aromatic carbocycles. The Hall–Kier alpha value is -1.32. The van der Waals surface area contributed by atoms with Crippen molar-refractivity contribution in [1.82, 2.24) is 9.97 Å².